The van der Waals surface area contributed by atoms with Crippen molar-refractivity contribution in [3.05, 3.63) is 0 Å². The monoisotopic (exact) mass is 262 g/mol. The van der Waals surface area contributed by atoms with Crippen LogP contribution in [0.3, 0.4) is 0 Å². The lowest BCUT2D eigenvalue weighted by molar-refractivity contribution is 0.246. The van der Waals surface area contributed by atoms with E-state index in [0.29, 0.717) is 6.54 Å². The van der Waals surface area contributed by atoms with Gasteiger partial charge in [-0.05, 0) is 25.3 Å². The van der Waals surface area contributed by atoms with E-state index in [4.69, 9.17) is 0 Å². The van der Waals surface area contributed by atoms with Gasteiger partial charge in [-0.25, -0.2) is 8.42 Å². The van der Waals surface area contributed by atoms with Crippen LogP contribution in [-0.4, -0.2) is 44.2 Å². The van der Waals surface area contributed by atoms with Gasteiger partial charge in [0.05, 0.1) is 5.75 Å². The highest BCUT2D eigenvalue weighted by Gasteiger charge is 2.31. The van der Waals surface area contributed by atoms with Gasteiger partial charge in [-0.15, -0.1) is 0 Å². The summed E-state index contributed by atoms with van der Waals surface area (Å²) in [4.78, 5) is 0. The second-order valence-electron chi connectivity index (χ2n) is 5.24. The molecule has 1 atom stereocenters. The molecule has 5 heteroatoms. The van der Waals surface area contributed by atoms with E-state index >= 15 is 0 Å². The summed E-state index contributed by atoms with van der Waals surface area (Å²) in [5.41, 5.74) is 0. The first-order valence-corrected chi connectivity index (χ1v) is 8.28. The Balaban J connectivity index is 2.69. The van der Waals surface area contributed by atoms with Crippen molar-refractivity contribution in [2.24, 2.45) is 5.92 Å². The summed E-state index contributed by atoms with van der Waals surface area (Å²) in [5, 5.41) is 3.27. The molecule has 102 valence electrons. The summed E-state index contributed by atoms with van der Waals surface area (Å²) in [6.07, 6.45) is 3.13. The molecule has 1 unspecified atom stereocenters. The van der Waals surface area contributed by atoms with Crippen LogP contribution in [0.1, 0.15) is 40.0 Å². The molecule has 1 heterocycles. The van der Waals surface area contributed by atoms with Gasteiger partial charge in [-0.1, -0.05) is 27.2 Å². The minimum Gasteiger partial charge on any atom is -0.315 e. The number of piperidine rings is 1. The molecule has 1 saturated heterocycles. The molecular formula is C12H26N2O2S. The summed E-state index contributed by atoms with van der Waals surface area (Å²) in [7, 11) is -3.07. The van der Waals surface area contributed by atoms with Gasteiger partial charge in [0, 0.05) is 19.1 Å². The Morgan fingerprint density at radius 1 is 1.35 bits per heavy atom. The third-order valence-electron chi connectivity index (χ3n) is 3.10. The van der Waals surface area contributed by atoms with Crippen LogP contribution in [0.25, 0.3) is 0 Å². The van der Waals surface area contributed by atoms with Gasteiger partial charge >= 0.3 is 0 Å². The summed E-state index contributed by atoms with van der Waals surface area (Å²) < 4.78 is 26.3. The van der Waals surface area contributed by atoms with E-state index in [1.54, 1.807) is 4.31 Å². The predicted molar refractivity (Wildman–Crippen MR) is 71.5 cm³/mol. The topological polar surface area (TPSA) is 49.4 Å². The molecule has 0 radical (unpaired) electrons. The van der Waals surface area contributed by atoms with Crippen LogP contribution in [0.5, 0.6) is 0 Å². The lowest BCUT2D eigenvalue weighted by Crippen LogP contribution is -2.49. The van der Waals surface area contributed by atoms with Crippen molar-refractivity contribution in [2.75, 3.05) is 25.4 Å². The first-order chi connectivity index (χ1) is 7.97. The zero-order chi connectivity index (χ0) is 12.9. The molecule has 1 aliphatic rings. The van der Waals surface area contributed by atoms with E-state index in [-0.39, 0.29) is 17.7 Å². The Morgan fingerprint density at radius 3 is 2.65 bits per heavy atom. The molecule has 1 rings (SSSR count). The minimum atomic E-state index is -3.07. The van der Waals surface area contributed by atoms with E-state index in [1.165, 1.54) is 0 Å². The summed E-state index contributed by atoms with van der Waals surface area (Å²) in [6, 6.07) is 0.160. The molecule has 0 amide bonds. The van der Waals surface area contributed by atoms with Crippen LogP contribution in [0.4, 0.5) is 0 Å². The van der Waals surface area contributed by atoms with Crippen molar-refractivity contribution in [1.29, 1.82) is 0 Å². The van der Waals surface area contributed by atoms with Crippen molar-refractivity contribution < 1.29 is 8.42 Å². The lowest BCUT2D eigenvalue weighted by Gasteiger charge is -2.35. The van der Waals surface area contributed by atoms with Gasteiger partial charge < -0.3 is 5.32 Å². The van der Waals surface area contributed by atoms with Crippen molar-refractivity contribution >= 4 is 10.0 Å². The number of hydrogen-bond donors (Lipinski definition) is 1. The zero-order valence-corrected chi connectivity index (χ0v) is 12.1. The van der Waals surface area contributed by atoms with Gasteiger partial charge in [-0.3, -0.25) is 0 Å². The number of sulfonamides is 1. The van der Waals surface area contributed by atoms with Crippen LogP contribution >= 0.6 is 0 Å². The minimum absolute atomic E-state index is 0.160. The Bertz CT molecular complexity index is 314. The lowest BCUT2D eigenvalue weighted by atomic mass is 10.1. The first kappa shape index (κ1) is 14.9. The SMILES string of the molecule is CCNCC1CCCCN1S(=O)(=O)CC(C)C. The Kier molecular flexibility index (Phi) is 5.89. The molecule has 0 bridgehead atoms. The smallest absolute Gasteiger partial charge is 0.214 e. The molecule has 0 aromatic carbocycles. The van der Waals surface area contributed by atoms with Crippen LogP contribution in [0, 0.1) is 5.92 Å². The average Bonchev–Trinajstić information content (AvgIpc) is 2.25. The van der Waals surface area contributed by atoms with E-state index in [2.05, 4.69) is 12.2 Å². The molecule has 0 spiro atoms. The standard InChI is InChI=1S/C12H26N2O2S/c1-4-13-9-12-7-5-6-8-14(12)17(15,16)10-11(2)3/h11-13H,4-10H2,1-3H3. The van der Waals surface area contributed by atoms with Gasteiger partial charge in [0.25, 0.3) is 0 Å². The quantitative estimate of drug-likeness (QED) is 0.788. The normalized spacial score (nSPS) is 23.2. The highest BCUT2D eigenvalue weighted by atomic mass is 32.2. The second-order valence-corrected chi connectivity index (χ2v) is 7.21. The number of likely N-dealkylation sites (N-methyl/N-ethyl adjacent to an activating group) is 1. The Labute approximate surface area is 106 Å². The van der Waals surface area contributed by atoms with Gasteiger partial charge in [0.15, 0.2) is 0 Å². The average molecular weight is 262 g/mol. The van der Waals surface area contributed by atoms with Gasteiger partial charge in [0.1, 0.15) is 0 Å². The van der Waals surface area contributed by atoms with E-state index in [9.17, 15) is 8.42 Å². The number of nitrogens with zero attached hydrogens (tertiary/aromatic N) is 1. The van der Waals surface area contributed by atoms with Crippen LogP contribution in [-0.2, 0) is 10.0 Å². The maximum atomic E-state index is 12.3. The van der Waals surface area contributed by atoms with Crippen LogP contribution in [0.15, 0.2) is 0 Å². The van der Waals surface area contributed by atoms with Crippen molar-refractivity contribution in [3.8, 4) is 0 Å². The Morgan fingerprint density at radius 2 is 2.06 bits per heavy atom. The van der Waals surface area contributed by atoms with Gasteiger partial charge in [-0.2, -0.15) is 4.31 Å². The van der Waals surface area contributed by atoms with Crippen LogP contribution < -0.4 is 5.32 Å². The van der Waals surface area contributed by atoms with E-state index in [1.807, 2.05) is 13.8 Å². The fourth-order valence-corrected chi connectivity index (χ4v) is 4.45. The maximum Gasteiger partial charge on any atom is 0.214 e. The number of nitrogens with one attached hydrogen (secondary N) is 1. The molecule has 0 aromatic heterocycles. The maximum absolute atomic E-state index is 12.3. The number of rotatable bonds is 6. The van der Waals surface area contributed by atoms with Crippen molar-refractivity contribution in [2.45, 2.75) is 46.1 Å². The molecule has 1 fully saturated rings. The Hall–Kier alpha value is -0.130. The van der Waals surface area contributed by atoms with E-state index in [0.717, 1.165) is 32.4 Å². The second kappa shape index (κ2) is 6.71. The van der Waals surface area contributed by atoms with E-state index < -0.39 is 10.0 Å². The highest BCUT2D eigenvalue weighted by molar-refractivity contribution is 7.89. The molecule has 0 aromatic rings. The van der Waals surface area contributed by atoms with Crippen LogP contribution in [0.2, 0.25) is 0 Å². The molecule has 4 nitrogen and oxygen atoms in total. The van der Waals surface area contributed by atoms with Crippen molar-refractivity contribution in [3.63, 3.8) is 0 Å². The molecule has 1 aliphatic heterocycles. The number of hydrogen-bond acceptors (Lipinski definition) is 3. The predicted octanol–water partition coefficient (Wildman–Crippen LogP) is 1.44. The third-order valence-corrected chi connectivity index (χ3v) is 5.39. The summed E-state index contributed by atoms with van der Waals surface area (Å²) in [6.45, 7) is 8.35. The summed E-state index contributed by atoms with van der Waals surface area (Å²) >= 11 is 0. The highest BCUT2D eigenvalue weighted by Crippen LogP contribution is 2.21. The molecule has 0 aliphatic carbocycles. The fraction of sp³-hybridized carbons (Fsp3) is 1.00. The molecule has 0 saturated carbocycles. The molecular weight excluding hydrogens is 236 g/mol. The first-order valence-electron chi connectivity index (χ1n) is 6.67. The summed E-state index contributed by atoms with van der Waals surface area (Å²) in [5.74, 6) is 0.469. The third kappa shape index (κ3) is 4.56. The zero-order valence-electron chi connectivity index (χ0n) is 11.3. The van der Waals surface area contributed by atoms with Gasteiger partial charge in [0.2, 0.25) is 10.0 Å². The molecule has 1 N–H and O–H groups in total. The molecule has 17 heavy (non-hydrogen) atoms. The van der Waals surface area contributed by atoms with Crippen molar-refractivity contribution in [1.82, 2.24) is 9.62 Å². The largest absolute Gasteiger partial charge is 0.315 e. The fourth-order valence-electron chi connectivity index (χ4n) is 2.37.